The summed E-state index contributed by atoms with van der Waals surface area (Å²) in [5.41, 5.74) is 4.05. The second-order valence-electron chi connectivity index (χ2n) is 5.17. The van der Waals surface area contributed by atoms with Gasteiger partial charge in [0.05, 0.1) is 6.61 Å². The molecule has 2 aromatic rings. The summed E-state index contributed by atoms with van der Waals surface area (Å²) in [7, 11) is 0. The number of benzene rings is 2. The van der Waals surface area contributed by atoms with E-state index >= 15 is 0 Å². The van der Waals surface area contributed by atoms with Gasteiger partial charge in [-0.25, -0.2) is 0 Å². The molecule has 3 rings (SSSR count). The highest BCUT2D eigenvalue weighted by atomic mass is 79.9. The zero-order chi connectivity index (χ0) is 14.1. The Morgan fingerprint density at radius 1 is 1.15 bits per heavy atom. The van der Waals surface area contributed by atoms with Crippen LogP contribution in [0.1, 0.15) is 34.8 Å². The molecule has 1 unspecified atom stereocenters. The number of para-hydroxylation sites is 1. The predicted octanol–water partition coefficient (Wildman–Crippen LogP) is 4.16. The Morgan fingerprint density at radius 2 is 1.90 bits per heavy atom. The zero-order valence-corrected chi connectivity index (χ0v) is 13.0. The average Bonchev–Trinajstić information content (AvgIpc) is 2.49. The Morgan fingerprint density at radius 3 is 2.75 bits per heavy atom. The fourth-order valence-corrected chi connectivity index (χ4v) is 3.16. The Balaban J connectivity index is 2.07. The second kappa shape index (κ2) is 5.58. The topological polar surface area (TPSA) is 29.5 Å². The number of aliphatic hydroxyl groups excluding tert-OH is 1. The second-order valence-corrected chi connectivity index (χ2v) is 5.96. The summed E-state index contributed by atoms with van der Waals surface area (Å²) in [6, 6.07) is 12.0. The van der Waals surface area contributed by atoms with Gasteiger partial charge >= 0.3 is 0 Å². The van der Waals surface area contributed by atoms with Gasteiger partial charge in [0.15, 0.2) is 0 Å². The summed E-state index contributed by atoms with van der Waals surface area (Å²) in [5.74, 6) is 0.861. The van der Waals surface area contributed by atoms with Crippen molar-refractivity contribution in [3.63, 3.8) is 0 Å². The van der Waals surface area contributed by atoms with E-state index in [1.807, 2.05) is 37.3 Å². The molecule has 1 aliphatic rings. The van der Waals surface area contributed by atoms with Crippen LogP contribution in [0.4, 0.5) is 0 Å². The van der Waals surface area contributed by atoms with Crippen molar-refractivity contribution in [2.24, 2.45) is 0 Å². The molecule has 1 heterocycles. The van der Waals surface area contributed by atoms with Crippen molar-refractivity contribution in [2.45, 2.75) is 25.9 Å². The average molecular weight is 333 g/mol. The molecule has 0 fully saturated rings. The van der Waals surface area contributed by atoms with Crippen LogP contribution in [0.3, 0.4) is 0 Å². The Bertz CT molecular complexity index is 637. The lowest BCUT2D eigenvalue weighted by molar-refractivity contribution is 0.206. The fraction of sp³-hybridized carbons (Fsp3) is 0.294. The van der Waals surface area contributed by atoms with Crippen molar-refractivity contribution >= 4 is 15.9 Å². The number of aryl methyl sites for hydroxylation is 2. The highest BCUT2D eigenvalue weighted by molar-refractivity contribution is 9.10. The molecule has 0 spiro atoms. The molecule has 0 saturated carbocycles. The van der Waals surface area contributed by atoms with Gasteiger partial charge in [-0.15, -0.1) is 0 Å². The molecule has 1 aliphatic heterocycles. The molecule has 0 amide bonds. The maximum atomic E-state index is 10.7. The van der Waals surface area contributed by atoms with Crippen LogP contribution in [0.2, 0.25) is 0 Å². The molecular weight excluding hydrogens is 316 g/mol. The minimum Gasteiger partial charge on any atom is -0.493 e. The van der Waals surface area contributed by atoms with E-state index in [0.717, 1.165) is 46.4 Å². The molecule has 0 aromatic heterocycles. The highest BCUT2D eigenvalue weighted by Gasteiger charge is 2.22. The number of aliphatic hydroxyl groups is 1. The number of ether oxygens (including phenoxy) is 1. The van der Waals surface area contributed by atoms with Gasteiger partial charge < -0.3 is 9.84 Å². The minimum atomic E-state index is -0.669. The number of hydrogen-bond donors (Lipinski definition) is 1. The lowest BCUT2D eigenvalue weighted by Crippen LogP contribution is -2.13. The maximum Gasteiger partial charge on any atom is 0.128 e. The third kappa shape index (κ3) is 2.36. The van der Waals surface area contributed by atoms with Crippen molar-refractivity contribution in [3.8, 4) is 5.75 Å². The molecule has 20 heavy (non-hydrogen) atoms. The standard InChI is InChI=1S/C17H17BrO2/c1-11-5-2-8-13(15(11)18)16(19)14-9-3-6-12-7-4-10-20-17(12)14/h2-3,5-6,8-9,16,19H,4,7,10H2,1H3. The summed E-state index contributed by atoms with van der Waals surface area (Å²) >= 11 is 3.57. The molecule has 2 nitrogen and oxygen atoms in total. The lowest BCUT2D eigenvalue weighted by atomic mass is 9.95. The van der Waals surface area contributed by atoms with E-state index < -0.39 is 6.10 Å². The Kier molecular flexibility index (Phi) is 3.81. The van der Waals surface area contributed by atoms with E-state index in [0.29, 0.717) is 0 Å². The number of fused-ring (bicyclic) bond motifs is 1. The number of rotatable bonds is 2. The summed E-state index contributed by atoms with van der Waals surface area (Å²) in [6.45, 7) is 2.75. The van der Waals surface area contributed by atoms with Crippen LogP contribution in [0.5, 0.6) is 5.75 Å². The minimum absolute atomic E-state index is 0.669. The molecular formula is C17H17BrO2. The predicted molar refractivity (Wildman–Crippen MR) is 83.2 cm³/mol. The van der Waals surface area contributed by atoms with Crippen LogP contribution in [-0.2, 0) is 6.42 Å². The smallest absolute Gasteiger partial charge is 0.128 e. The van der Waals surface area contributed by atoms with Gasteiger partial charge in [-0.1, -0.05) is 52.3 Å². The first-order valence-corrected chi connectivity index (χ1v) is 7.65. The van der Waals surface area contributed by atoms with Crippen LogP contribution < -0.4 is 4.74 Å². The zero-order valence-electron chi connectivity index (χ0n) is 11.4. The van der Waals surface area contributed by atoms with E-state index in [1.165, 1.54) is 5.56 Å². The van der Waals surface area contributed by atoms with Gasteiger partial charge in [0.25, 0.3) is 0 Å². The molecule has 0 saturated heterocycles. The van der Waals surface area contributed by atoms with E-state index in [-0.39, 0.29) is 0 Å². The molecule has 0 bridgehead atoms. The summed E-state index contributed by atoms with van der Waals surface area (Å²) in [6.07, 6.45) is 1.39. The van der Waals surface area contributed by atoms with Crippen LogP contribution in [0, 0.1) is 6.92 Å². The number of halogens is 1. The SMILES string of the molecule is Cc1cccc(C(O)c2cccc3c2OCCC3)c1Br. The summed E-state index contributed by atoms with van der Waals surface area (Å²) < 4.78 is 6.75. The van der Waals surface area contributed by atoms with Gasteiger partial charge in [-0.05, 0) is 36.5 Å². The van der Waals surface area contributed by atoms with Gasteiger partial charge in [-0.3, -0.25) is 0 Å². The lowest BCUT2D eigenvalue weighted by Gasteiger charge is -2.23. The van der Waals surface area contributed by atoms with E-state index in [4.69, 9.17) is 4.74 Å². The molecule has 0 radical (unpaired) electrons. The van der Waals surface area contributed by atoms with Gasteiger partial charge in [0.2, 0.25) is 0 Å². The van der Waals surface area contributed by atoms with Crippen molar-refractivity contribution in [3.05, 3.63) is 63.1 Å². The van der Waals surface area contributed by atoms with E-state index in [9.17, 15) is 5.11 Å². The van der Waals surface area contributed by atoms with Crippen LogP contribution in [-0.4, -0.2) is 11.7 Å². The molecule has 0 aliphatic carbocycles. The first-order chi connectivity index (χ1) is 9.68. The number of hydrogen-bond acceptors (Lipinski definition) is 2. The Hall–Kier alpha value is -1.32. The van der Waals surface area contributed by atoms with E-state index in [1.54, 1.807) is 0 Å². The Labute approximate surface area is 127 Å². The van der Waals surface area contributed by atoms with Gasteiger partial charge in [0, 0.05) is 10.0 Å². The van der Waals surface area contributed by atoms with Crippen molar-refractivity contribution in [1.82, 2.24) is 0 Å². The van der Waals surface area contributed by atoms with Crippen LogP contribution in [0.25, 0.3) is 0 Å². The summed E-state index contributed by atoms with van der Waals surface area (Å²) in [5, 5.41) is 10.7. The first-order valence-electron chi connectivity index (χ1n) is 6.86. The van der Waals surface area contributed by atoms with E-state index in [2.05, 4.69) is 22.0 Å². The van der Waals surface area contributed by atoms with Gasteiger partial charge in [-0.2, -0.15) is 0 Å². The molecule has 1 atom stereocenters. The largest absolute Gasteiger partial charge is 0.493 e. The van der Waals surface area contributed by atoms with Crippen LogP contribution in [0.15, 0.2) is 40.9 Å². The maximum absolute atomic E-state index is 10.7. The summed E-state index contributed by atoms with van der Waals surface area (Å²) in [4.78, 5) is 0. The van der Waals surface area contributed by atoms with Crippen molar-refractivity contribution in [2.75, 3.05) is 6.61 Å². The van der Waals surface area contributed by atoms with Crippen molar-refractivity contribution in [1.29, 1.82) is 0 Å². The monoisotopic (exact) mass is 332 g/mol. The fourth-order valence-electron chi connectivity index (χ4n) is 2.68. The normalized spacial score (nSPS) is 15.3. The third-order valence-electron chi connectivity index (χ3n) is 3.77. The molecule has 1 N–H and O–H groups in total. The third-order valence-corrected chi connectivity index (χ3v) is 4.86. The van der Waals surface area contributed by atoms with Crippen molar-refractivity contribution < 1.29 is 9.84 Å². The molecule has 2 aromatic carbocycles. The quantitative estimate of drug-likeness (QED) is 0.894. The van der Waals surface area contributed by atoms with Crippen LogP contribution >= 0.6 is 15.9 Å². The highest BCUT2D eigenvalue weighted by Crippen LogP contribution is 2.38. The molecule has 104 valence electrons. The molecule has 3 heteroatoms. The van der Waals surface area contributed by atoms with Gasteiger partial charge in [0.1, 0.15) is 11.9 Å². The first kappa shape index (κ1) is 13.7.